The van der Waals surface area contributed by atoms with E-state index in [-0.39, 0.29) is 19.8 Å². The fourth-order valence-electron chi connectivity index (χ4n) is 2.52. The molecular weight excluding hydrogens is 462 g/mol. The summed E-state index contributed by atoms with van der Waals surface area (Å²) in [6, 6.07) is 17.8. The third-order valence-electron chi connectivity index (χ3n) is 4.22. The summed E-state index contributed by atoms with van der Waals surface area (Å²) in [5.41, 5.74) is 1.23. The maximum Gasteiger partial charge on any atom is 0.407 e. The third kappa shape index (κ3) is 14.8. The largest absolute Gasteiger partial charge is 0.490 e. The van der Waals surface area contributed by atoms with Gasteiger partial charge in [0, 0.05) is 16.7 Å². The highest BCUT2D eigenvalue weighted by molar-refractivity contribution is 7.99. The van der Waals surface area contributed by atoms with E-state index in [2.05, 4.69) is 25.7 Å². The van der Waals surface area contributed by atoms with Crippen LogP contribution in [0.5, 0.6) is 5.75 Å². The number of rotatable bonds is 12. The molecule has 0 aliphatic heterocycles. The average molecular weight is 504 g/mol. The van der Waals surface area contributed by atoms with Crippen LogP contribution in [0.4, 0.5) is 4.79 Å². The highest BCUT2D eigenvalue weighted by Crippen LogP contribution is 2.21. The summed E-state index contributed by atoms with van der Waals surface area (Å²) in [6.07, 6.45) is 0.0120. The molecule has 194 valence electrons. The van der Waals surface area contributed by atoms with E-state index in [4.69, 9.17) is 14.2 Å². The van der Waals surface area contributed by atoms with E-state index in [1.165, 1.54) is 5.56 Å². The Kier molecular flexibility index (Phi) is 18.7. The molecule has 1 N–H and O–H groups in total. The molecule has 2 rings (SSSR count). The van der Waals surface area contributed by atoms with Crippen molar-refractivity contribution in [2.45, 2.75) is 58.5 Å². The molecule has 0 bridgehead atoms. The lowest BCUT2D eigenvalue weighted by molar-refractivity contribution is -0.137. The number of nitrogens with one attached hydrogen (secondary N) is 1. The van der Waals surface area contributed by atoms with Gasteiger partial charge in [-0.1, -0.05) is 78.5 Å². The number of amides is 1. The summed E-state index contributed by atoms with van der Waals surface area (Å²) in [7, 11) is 0. The monoisotopic (exact) mass is 503 g/mol. The molecule has 1 unspecified atom stereocenters. The molecule has 0 aliphatic rings. The molecule has 0 fully saturated rings. The number of alkyl carbamates (subject to hydrolysis) is 1. The second kappa shape index (κ2) is 20.4. The highest BCUT2D eigenvalue weighted by Gasteiger charge is 2.16. The van der Waals surface area contributed by atoms with Crippen molar-refractivity contribution in [2.24, 2.45) is 0 Å². The van der Waals surface area contributed by atoms with Crippen LogP contribution in [-0.4, -0.2) is 43.7 Å². The van der Waals surface area contributed by atoms with E-state index in [1.807, 2.05) is 82.3 Å². The molecule has 35 heavy (non-hydrogen) atoms. The number of ether oxygens (including phenoxy) is 3. The predicted molar refractivity (Wildman–Crippen MR) is 145 cm³/mol. The number of esters is 1. The van der Waals surface area contributed by atoms with E-state index >= 15 is 0 Å². The van der Waals surface area contributed by atoms with Gasteiger partial charge >= 0.3 is 12.1 Å². The van der Waals surface area contributed by atoms with Crippen LogP contribution in [0.3, 0.4) is 0 Å². The first-order valence-corrected chi connectivity index (χ1v) is 13.1. The van der Waals surface area contributed by atoms with E-state index in [0.29, 0.717) is 11.7 Å². The zero-order chi connectivity index (χ0) is 26.5. The lowest BCUT2D eigenvalue weighted by atomic mass is 10.0. The van der Waals surface area contributed by atoms with Crippen molar-refractivity contribution in [3.63, 3.8) is 0 Å². The Morgan fingerprint density at radius 1 is 1.00 bits per heavy atom. The molecule has 0 saturated heterocycles. The quantitative estimate of drug-likeness (QED) is 0.148. The first-order chi connectivity index (χ1) is 17.0. The minimum atomic E-state index is -0.591. The summed E-state index contributed by atoms with van der Waals surface area (Å²) in [4.78, 5) is 24.3. The van der Waals surface area contributed by atoms with Gasteiger partial charge < -0.3 is 19.5 Å². The number of benzene rings is 2. The lowest BCUT2D eigenvalue weighted by Gasteiger charge is -2.19. The number of carbonyl (C=O) groups excluding carboxylic acids is 2. The zero-order valence-corrected chi connectivity index (χ0v) is 22.7. The van der Waals surface area contributed by atoms with Crippen molar-refractivity contribution in [3.05, 3.63) is 72.8 Å². The van der Waals surface area contributed by atoms with E-state index < -0.39 is 18.2 Å². The molecule has 1 amide bonds. The molecule has 0 heterocycles. The normalized spacial score (nSPS) is 10.5. The van der Waals surface area contributed by atoms with Gasteiger partial charge in [-0.2, -0.15) is 0 Å². The summed E-state index contributed by atoms with van der Waals surface area (Å²) < 4.78 is 16.2. The van der Waals surface area contributed by atoms with Crippen LogP contribution in [0, 0.1) is 0 Å². The molecule has 1 atom stereocenters. The molecule has 0 radical (unpaired) electrons. The summed E-state index contributed by atoms with van der Waals surface area (Å²) >= 11 is 1.58. The van der Waals surface area contributed by atoms with E-state index in [0.717, 1.165) is 16.7 Å². The van der Waals surface area contributed by atoms with Crippen molar-refractivity contribution in [1.29, 1.82) is 0 Å². The number of hydrogen-bond donors (Lipinski definition) is 1. The fourth-order valence-corrected chi connectivity index (χ4v) is 3.41. The molecule has 0 spiro atoms. The van der Waals surface area contributed by atoms with E-state index in [9.17, 15) is 9.59 Å². The van der Waals surface area contributed by atoms with Crippen LogP contribution in [0.15, 0.2) is 72.1 Å². The van der Waals surface area contributed by atoms with Crippen molar-refractivity contribution < 1.29 is 23.8 Å². The van der Waals surface area contributed by atoms with Crippen LogP contribution >= 0.6 is 11.8 Å². The van der Waals surface area contributed by atoms with Gasteiger partial charge in [-0.05, 0) is 35.7 Å². The van der Waals surface area contributed by atoms with Gasteiger partial charge in [0.25, 0.3) is 0 Å². The summed E-state index contributed by atoms with van der Waals surface area (Å²) in [5.74, 6) is 1.16. The van der Waals surface area contributed by atoms with Gasteiger partial charge in [0.15, 0.2) is 0 Å². The Morgan fingerprint density at radius 3 is 2.20 bits per heavy atom. The SMILES string of the molecule is C=CC(=O)OCCNC(=O)OC(COc1ccc(C(C)C)cc1)CSc1ccccc1.CC.CC. The van der Waals surface area contributed by atoms with E-state index in [1.54, 1.807) is 11.8 Å². The van der Waals surface area contributed by atoms with Crippen molar-refractivity contribution in [2.75, 3.05) is 25.5 Å². The molecule has 0 aromatic heterocycles. The fraction of sp³-hybridized carbons (Fsp3) is 0.429. The zero-order valence-electron chi connectivity index (χ0n) is 21.9. The van der Waals surface area contributed by atoms with Crippen LogP contribution < -0.4 is 10.1 Å². The Bertz CT molecular complexity index is 825. The summed E-state index contributed by atoms with van der Waals surface area (Å²) in [5, 5.41) is 2.57. The molecule has 7 heteroatoms. The van der Waals surface area contributed by atoms with Crippen LogP contribution in [0.2, 0.25) is 0 Å². The van der Waals surface area contributed by atoms with Crippen LogP contribution in [0.1, 0.15) is 53.0 Å². The Hall–Kier alpha value is -2.93. The maximum atomic E-state index is 12.2. The number of hydrogen-bond acceptors (Lipinski definition) is 6. The van der Waals surface area contributed by atoms with Gasteiger partial charge in [0.1, 0.15) is 25.1 Å². The number of thioether (sulfide) groups is 1. The third-order valence-corrected chi connectivity index (χ3v) is 5.36. The second-order valence-corrected chi connectivity index (χ2v) is 8.08. The molecule has 6 nitrogen and oxygen atoms in total. The van der Waals surface area contributed by atoms with Crippen molar-refractivity contribution >= 4 is 23.8 Å². The lowest BCUT2D eigenvalue weighted by Crippen LogP contribution is -2.35. The number of carbonyl (C=O) groups is 2. The maximum absolute atomic E-state index is 12.2. The Morgan fingerprint density at radius 2 is 1.63 bits per heavy atom. The summed E-state index contributed by atoms with van der Waals surface area (Å²) in [6.45, 7) is 16.0. The Balaban J connectivity index is 0.00000274. The average Bonchev–Trinajstić information content (AvgIpc) is 2.91. The molecule has 2 aromatic rings. The smallest absolute Gasteiger partial charge is 0.407 e. The highest BCUT2D eigenvalue weighted by atomic mass is 32.2. The van der Waals surface area contributed by atoms with Gasteiger partial charge in [0.05, 0.1) is 6.54 Å². The van der Waals surface area contributed by atoms with Gasteiger partial charge in [0.2, 0.25) is 0 Å². The first-order valence-electron chi connectivity index (χ1n) is 12.1. The predicted octanol–water partition coefficient (Wildman–Crippen LogP) is 6.86. The van der Waals surface area contributed by atoms with Gasteiger partial charge in [-0.15, -0.1) is 11.8 Å². The van der Waals surface area contributed by atoms with Crippen molar-refractivity contribution in [1.82, 2.24) is 5.32 Å². The Labute approximate surface area is 215 Å². The minimum Gasteiger partial charge on any atom is -0.490 e. The van der Waals surface area contributed by atoms with Crippen LogP contribution in [0.25, 0.3) is 0 Å². The van der Waals surface area contributed by atoms with Gasteiger partial charge in [-0.3, -0.25) is 0 Å². The molecule has 0 saturated carbocycles. The molecule has 2 aromatic carbocycles. The van der Waals surface area contributed by atoms with Crippen LogP contribution in [-0.2, 0) is 14.3 Å². The van der Waals surface area contributed by atoms with Gasteiger partial charge in [-0.25, -0.2) is 9.59 Å². The topological polar surface area (TPSA) is 73.9 Å². The minimum absolute atomic E-state index is 0.0437. The second-order valence-electron chi connectivity index (χ2n) is 6.98. The molecular formula is C28H41NO5S. The van der Waals surface area contributed by atoms with Crippen molar-refractivity contribution in [3.8, 4) is 5.75 Å². The standard InChI is InChI=1S/C24H29NO5S.2C2H6/c1-4-23(26)28-15-14-25-24(27)30-21(17-31-22-8-6-5-7-9-22)16-29-20-12-10-19(11-13-20)18(2)3;2*1-2/h4-13,18,21H,1,14-17H2,2-3H3,(H,25,27);2*1-2H3. The first kappa shape index (κ1) is 32.1. The molecule has 0 aliphatic carbocycles.